The minimum absolute atomic E-state index is 0.201. The van der Waals surface area contributed by atoms with Crippen molar-refractivity contribution in [2.24, 2.45) is 7.05 Å². The molecule has 0 spiro atoms. The van der Waals surface area contributed by atoms with E-state index in [1.54, 1.807) is 6.07 Å². The third-order valence-electron chi connectivity index (χ3n) is 4.12. The largest absolute Gasteiger partial charge is 0.343 e. The van der Waals surface area contributed by atoms with E-state index in [1.807, 2.05) is 66.2 Å². The van der Waals surface area contributed by atoms with Crippen LogP contribution < -0.4 is 5.32 Å². The average Bonchev–Trinajstić information content (AvgIpc) is 2.95. The molecule has 0 aliphatic heterocycles. The number of nitrogens with zero attached hydrogens (tertiary/aromatic N) is 3. The van der Waals surface area contributed by atoms with E-state index in [1.165, 1.54) is 0 Å². The molecule has 1 amide bonds. The smallest absolute Gasteiger partial charge is 0.270 e. The van der Waals surface area contributed by atoms with Crippen molar-refractivity contribution in [3.05, 3.63) is 72.2 Å². The molecule has 1 N–H and O–H groups in total. The molecule has 0 aliphatic carbocycles. The SMILES string of the molecule is Cn1c(CNC(=O)c2ccc3ccccc3n2)nc2ccccc21. The van der Waals surface area contributed by atoms with Crippen molar-refractivity contribution in [1.29, 1.82) is 0 Å². The molecule has 0 bridgehead atoms. The third-order valence-corrected chi connectivity index (χ3v) is 4.12. The fraction of sp³-hybridized carbons (Fsp3) is 0.105. The lowest BCUT2D eigenvalue weighted by Crippen LogP contribution is -2.25. The molecule has 0 saturated heterocycles. The molecule has 0 aliphatic rings. The van der Waals surface area contributed by atoms with Gasteiger partial charge in [0.1, 0.15) is 11.5 Å². The Hall–Kier alpha value is -3.21. The van der Waals surface area contributed by atoms with Crippen LogP contribution in [0.15, 0.2) is 60.7 Å². The van der Waals surface area contributed by atoms with Crippen LogP contribution in [-0.4, -0.2) is 20.4 Å². The molecular formula is C19H16N4O. The molecule has 0 unspecified atom stereocenters. The van der Waals surface area contributed by atoms with Crippen LogP contribution in [0.5, 0.6) is 0 Å². The predicted molar refractivity (Wildman–Crippen MR) is 93.6 cm³/mol. The molecule has 2 aromatic heterocycles. The normalized spacial score (nSPS) is 11.0. The highest BCUT2D eigenvalue weighted by molar-refractivity contribution is 5.94. The van der Waals surface area contributed by atoms with E-state index in [0.29, 0.717) is 12.2 Å². The molecule has 118 valence electrons. The van der Waals surface area contributed by atoms with Crippen molar-refractivity contribution < 1.29 is 4.79 Å². The maximum Gasteiger partial charge on any atom is 0.270 e. The second kappa shape index (κ2) is 5.77. The van der Waals surface area contributed by atoms with Gasteiger partial charge in [0.05, 0.1) is 23.1 Å². The number of aromatic nitrogens is 3. The van der Waals surface area contributed by atoms with Gasteiger partial charge in [-0.3, -0.25) is 4.79 Å². The van der Waals surface area contributed by atoms with Gasteiger partial charge in [-0.1, -0.05) is 36.4 Å². The van der Waals surface area contributed by atoms with Gasteiger partial charge in [0.15, 0.2) is 0 Å². The highest BCUT2D eigenvalue weighted by atomic mass is 16.1. The summed E-state index contributed by atoms with van der Waals surface area (Å²) >= 11 is 0. The Morgan fingerprint density at radius 3 is 2.54 bits per heavy atom. The number of nitrogens with one attached hydrogen (secondary N) is 1. The lowest BCUT2D eigenvalue weighted by Gasteiger charge is -2.06. The first-order chi connectivity index (χ1) is 11.7. The van der Waals surface area contributed by atoms with Crippen molar-refractivity contribution in [1.82, 2.24) is 19.9 Å². The molecule has 0 atom stereocenters. The van der Waals surface area contributed by atoms with Gasteiger partial charge in [-0.05, 0) is 24.3 Å². The highest BCUT2D eigenvalue weighted by Crippen LogP contribution is 2.14. The van der Waals surface area contributed by atoms with Gasteiger partial charge in [-0.15, -0.1) is 0 Å². The van der Waals surface area contributed by atoms with Crippen LogP contribution in [0.25, 0.3) is 21.9 Å². The number of imidazole rings is 1. The third kappa shape index (κ3) is 2.50. The summed E-state index contributed by atoms with van der Waals surface area (Å²) in [6.07, 6.45) is 0. The maximum absolute atomic E-state index is 12.4. The van der Waals surface area contributed by atoms with Crippen LogP contribution in [0.2, 0.25) is 0 Å². The molecule has 0 radical (unpaired) electrons. The van der Waals surface area contributed by atoms with Crippen molar-refractivity contribution in [3.8, 4) is 0 Å². The van der Waals surface area contributed by atoms with Gasteiger partial charge in [-0.2, -0.15) is 0 Å². The van der Waals surface area contributed by atoms with Gasteiger partial charge in [0, 0.05) is 12.4 Å². The number of hydrogen-bond donors (Lipinski definition) is 1. The number of benzene rings is 2. The van der Waals surface area contributed by atoms with Gasteiger partial charge < -0.3 is 9.88 Å². The lowest BCUT2D eigenvalue weighted by molar-refractivity contribution is 0.0945. The highest BCUT2D eigenvalue weighted by Gasteiger charge is 2.11. The van der Waals surface area contributed by atoms with Gasteiger partial charge in [-0.25, -0.2) is 9.97 Å². The van der Waals surface area contributed by atoms with E-state index in [4.69, 9.17) is 0 Å². The molecule has 0 saturated carbocycles. The van der Waals surface area contributed by atoms with Crippen LogP contribution in [0, 0.1) is 0 Å². The summed E-state index contributed by atoms with van der Waals surface area (Å²) in [6.45, 7) is 0.360. The van der Waals surface area contributed by atoms with Gasteiger partial charge >= 0.3 is 0 Å². The zero-order valence-electron chi connectivity index (χ0n) is 13.2. The number of aryl methyl sites for hydroxylation is 1. The molecule has 5 heteroatoms. The van der Waals surface area contributed by atoms with Gasteiger partial charge in [0.25, 0.3) is 5.91 Å². The van der Waals surface area contributed by atoms with E-state index in [0.717, 1.165) is 27.8 Å². The lowest BCUT2D eigenvalue weighted by atomic mass is 10.2. The Labute approximate surface area is 139 Å². The van der Waals surface area contributed by atoms with Crippen LogP contribution >= 0.6 is 0 Å². The van der Waals surface area contributed by atoms with E-state index in [2.05, 4.69) is 15.3 Å². The first kappa shape index (κ1) is 14.4. The van der Waals surface area contributed by atoms with Crippen molar-refractivity contribution in [3.63, 3.8) is 0 Å². The number of pyridine rings is 1. The van der Waals surface area contributed by atoms with Crippen LogP contribution in [0.3, 0.4) is 0 Å². The number of amides is 1. The summed E-state index contributed by atoms with van der Waals surface area (Å²) in [6, 6.07) is 19.3. The summed E-state index contributed by atoms with van der Waals surface area (Å²) in [7, 11) is 1.95. The molecule has 24 heavy (non-hydrogen) atoms. The van der Waals surface area contributed by atoms with E-state index in [-0.39, 0.29) is 5.91 Å². The summed E-state index contributed by atoms with van der Waals surface area (Å²) in [5.41, 5.74) is 3.19. The van der Waals surface area contributed by atoms with Crippen LogP contribution in [-0.2, 0) is 13.6 Å². The Morgan fingerprint density at radius 1 is 0.958 bits per heavy atom. The monoisotopic (exact) mass is 316 g/mol. The standard InChI is InChI=1S/C19H16N4O/c1-23-17-9-5-4-8-15(17)22-18(23)12-20-19(24)16-11-10-13-6-2-3-7-14(13)21-16/h2-11H,12H2,1H3,(H,20,24). The van der Waals surface area contributed by atoms with Crippen molar-refractivity contribution in [2.45, 2.75) is 6.54 Å². The van der Waals surface area contributed by atoms with Crippen molar-refractivity contribution in [2.75, 3.05) is 0 Å². The fourth-order valence-corrected chi connectivity index (χ4v) is 2.80. The first-order valence-electron chi connectivity index (χ1n) is 7.77. The summed E-state index contributed by atoms with van der Waals surface area (Å²) in [4.78, 5) is 21.3. The molecular weight excluding hydrogens is 300 g/mol. The molecule has 2 heterocycles. The zero-order chi connectivity index (χ0) is 16.5. The minimum atomic E-state index is -0.201. The number of carbonyl (C=O) groups is 1. The molecule has 0 fully saturated rings. The number of carbonyl (C=O) groups excluding carboxylic acids is 1. The quantitative estimate of drug-likeness (QED) is 0.632. The topological polar surface area (TPSA) is 59.8 Å². The molecule has 2 aromatic carbocycles. The van der Waals surface area contributed by atoms with E-state index >= 15 is 0 Å². The van der Waals surface area contributed by atoms with Crippen LogP contribution in [0.4, 0.5) is 0 Å². The van der Waals surface area contributed by atoms with E-state index in [9.17, 15) is 4.79 Å². The molecule has 4 rings (SSSR count). The molecule has 5 nitrogen and oxygen atoms in total. The number of rotatable bonds is 3. The summed E-state index contributed by atoms with van der Waals surface area (Å²) < 4.78 is 1.99. The Kier molecular flexibility index (Phi) is 3.46. The van der Waals surface area contributed by atoms with Gasteiger partial charge in [0.2, 0.25) is 0 Å². The second-order valence-corrected chi connectivity index (χ2v) is 5.65. The average molecular weight is 316 g/mol. The Bertz CT molecular complexity index is 1050. The Morgan fingerprint density at radius 2 is 1.71 bits per heavy atom. The summed E-state index contributed by atoms with van der Waals surface area (Å²) in [5.74, 6) is 0.609. The Balaban J connectivity index is 1.55. The fourth-order valence-electron chi connectivity index (χ4n) is 2.80. The first-order valence-corrected chi connectivity index (χ1v) is 7.77. The number of hydrogen-bond acceptors (Lipinski definition) is 3. The minimum Gasteiger partial charge on any atom is -0.343 e. The maximum atomic E-state index is 12.4. The molecule has 4 aromatic rings. The van der Waals surface area contributed by atoms with Crippen LogP contribution in [0.1, 0.15) is 16.3 Å². The van der Waals surface area contributed by atoms with Crippen molar-refractivity contribution >= 4 is 27.8 Å². The predicted octanol–water partition coefficient (Wildman–Crippen LogP) is 3.05. The summed E-state index contributed by atoms with van der Waals surface area (Å²) in [5, 5.41) is 3.91. The second-order valence-electron chi connectivity index (χ2n) is 5.65. The number of fused-ring (bicyclic) bond motifs is 2. The number of para-hydroxylation sites is 3. The van der Waals surface area contributed by atoms with E-state index < -0.39 is 0 Å². The zero-order valence-corrected chi connectivity index (χ0v) is 13.2.